The summed E-state index contributed by atoms with van der Waals surface area (Å²) in [6, 6.07) is 0. The molecule has 0 nitrogen and oxygen atoms in total. The van der Waals surface area contributed by atoms with Crippen molar-refractivity contribution < 1.29 is 0 Å². The number of alkyl halides is 1. The van der Waals surface area contributed by atoms with E-state index in [1.807, 2.05) is 0 Å². The first-order chi connectivity index (χ1) is 6.72. The molecule has 0 aliphatic heterocycles. The van der Waals surface area contributed by atoms with Crippen LogP contribution in [0.25, 0.3) is 0 Å². The summed E-state index contributed by atoms with van der Waals surface area (Å²) in [5, 5.41) is 2.05. The van der Waals surface area contributed by atoms with Gasteiger partial charge in [-0.1, -0.05) is 49.0 Å². The Balaban J connectivity index is 2.36. The second kappa shape index (κ2) is 6.42. The first-order valence-electron chi connectivity index (χ1n) is 5.90. The fourth-order valence-electron chi connectivity index (χ4n) is 2.06. The molecule has 1 aliphatic carbocycles. The predicted molar refractivity (Wildman–Crippen MR) is 71.5 cm³/mol. The van der Waals surface area contributed by atoms with Crippen molar-refractivity contribution in [3.8, 4) is 0 Å². The van der Waals surface area contributed by atoms with Gasteiger partial charge in [0, 0.05) is 10.6 Å². The minimum absolute atomic E-state index is 0.631. The van der Waals surface area contributed by atoms with Crippen molar-refractivity contribution in [2.45, 2.75) is 57.6 Å². The molecular formula is C12H23BrS. The highest BCUT2D eigenvalue weighted by Gasteiger charge is 2.31. The van der Waals surface area contributed by atoms with Crippen molar-refractivity contribution in [1.29, 1.82) is 0 Å². The molecule has 0 amide bonds. The largest absolute Gasteiger partial charge is 0.158 e. The molecule has 1 aliphatic rings. The van der Waals surface area contributed by atoms with Gasteiger partial charge in [0.2, 0.25) is 0 Å². The Morgan fingerprint density at radius 2 is 1.93 bits per heavy atom. The van der Waals surface area contributed by atoms with Crippen LogP contribution in [0.4, 0.5) is 0 Å². The lowest BCUT2D eigenvalue weighted by atomic mass is 9.77. The molecule has 0 radical (unpaired) electrons. The fraction of sp³-hybridized carbons (Fsp3) is 1.00. The maximum atomic E-state index is 3.73. The monoisotopic (exact) mass is 278 g/mol. The second-order valence-corrected chi connectivity index (χ2v) is 6.71. The summed E-state index contributed by atoms with van der Waals surface area (Å²) in [4.78, 5) is 0. The molecule has 0 bridgehead atoms. The van der Waals surface area contributed by atoms with Crippen molar-refractivity contribution in [2.75, 3.05) is 11.1 Å². The van der Waals surface area contributed by atoms with Crippen molar-refractivity contribution in [3.63, 3.8) is 0 Å². The summed E-state index contributed by atoms with van der Waals surface area (Å²) in [5.74, 6) is 1.37. The van der Waals surface area contributed by atoms with Gasteiger partial charge in [0.15, 0.2) is 0 Å². The molecule has 1 fully saturated rings. The summed E-state index contributed by atoms with van der Waals surface area (Å²) < 4.78 is 0. The van der Waals surface area contributed by atoms with Gasteiger partial charge in [-0.3, -0.25) is 0 Å². The van der Waals surface area contributed by atoms with Crippen molar-refractivity contribution in [2.24, 2.45) is 5.41 Å². The van der Waals surface area contributed by atoms with E-state index in [9.17, 15) is 0 Å². The number of rotatable bonds is 5. The lowest BCUT2D eigenvalue weighted by Crippen LogP contribution is -2.29. The van der Waals surface area contributed by atoms with E-state index in [-0.39, 0.29) is 0 Å². The quantitative estimate of drug-likeness (QED) is 0.647. The molecule has 0 aromatic rings. The third-order valence-corrected chi connectivity index (χ3v) is 6.32. The van der Waals surface area contributed by atoms with Crippen LogP contribution in [-0.2, 0) is 0 Å². The Morgan fingerprint density at radius 3 is 2.43 bits per heavy atom. The summed E-state index contributed by atoms with van der Waals surface area (Å²) in [5.41, 5.74) is 0.631. The highest BCUT2D eigenvalue weighted by molar-refractivity contribution is 9.09. The maximum absolute atomic E-state index is 3.73. The zero-order chi connectivity index (χ0) is 10.4. The second-order valence-electron chi connectivity index (χ2n) is 4.72. The number of hydrogen-bond donors (Lipinski definition) is 0. The number of thioether (sulfide) groups is 1. The average Bonchev–Trinajstić information content (AvgIpc) is 2.27. The molecule has 84 valence electrons. The van der Waals surface area contributed by atoms with Gasteiger partial charge >= 0.3 is 0 Å². The molecule has 1 rings (SSSR count). The third-order valence-electron chi connectivity index (χ3n) is 3.45. The predicted octanol–water partition coefficient (Wildman–Crippen LogP) is 4.86. The molecule has 0 aromatic carbocycles. The van der Waals surface area contributed by atoms with Gasteiger partial charge in [-0.25, -0.2) is 0 Å². The highest BCUT2D eigenvalue weighted by atomic mass is 79.9. The Kier molecular flexibility index (Phi) is 5.91. The molecule has 14 heavy (non-hydrogen) atoms. The number of hydrogen-bond acceptors (Lipinski definition) is 1. The van der Waals surface area contributed by atoms with E-state index in [0.29, 0.717) is 5.41 Å². The minimum Gasteiger partial charge on any atom is -0.158 e. The first kappa shape index (κ1) is 12.9. The van der Waals surface area contributed by atoms with Gasteiger partial charge in [-0.15, -0.1) is 0 Å². The van der Waals surface area contributed by atoms with Crippen LogP contribution in [-0.4, -0.2) is 16.3 Å². The normalized spacial score (nSPS) is 23.4. The molecule has 1 saturated carbocycles. The maximum Gasteiger partial charge on any atom is 0.00958 e. The third kappa shape index (κ3) is 3.77. The van der Waals surface area contributed by atoms with Crippen LogP contribution in [0, 0.1) is 5.41 Å². The summed E-state index contributed by atoms with van der Waals surface area (Å²) >= 11 is 5.90. The van der Waals surface area contributed by atoms with E-state index in [2.05, 4.69) is 41.5 Å². The fourth-order valence-corrected chi connectivity index (χ4v) is 4.34. The van der Waals surface area contributed by atoms with Crippen molar-refractivity contribution in [3.05, 3.63) is 0 Å². The zero-order valence-electron chi connectivity index (χ0n) is 9.52. The molecule has 0 spiro atoms. The Morgan fingerprint density at radius 1 is 1.29 bits per heavy atom. The molecule has 0 N–H and O–H groups in total. The molecule has 2 heteroatoms. The average molecular weight is 279 g/mol. The van der Waals surface area contributed by atoms with Crippen LogP contribution < -0.4 is 0 Å². The van der Waals surface area contributed by atoms with Crippen LogP contribution in [0.2, 0.25) is 0 Å². The van der Waals surface area contributed by atoms with Crippen LogP contribution in [0.1, 0.15) is 52.4 Å². The van der Waals surface area contributed by atoms with Gasteiger partial charge in [-0.05, 0) is 30.4 Å². The molecule has 0 saturated heterocycles. The van der Waals surface area contributed by atoms with Gasteiger partial charge in [-0.2, -0.15) is 11.8 Å². The van der Waals surface area contributed by atoms with Gasteiger partial charge in [0.25, 0.3) is 0 Å². The zero-order valence-corrected chi connectivity index (χ0v) is 11.9. The van der Waals surface area contributed by atoms with Gasteiger partial charge in [0.1, 0.15) is 0 Å². The molecule has 1 atom stereocenters. The van der Waals surface area contributed by atoms with E-state index >= 15 is 0 Å². The van der Waals surface area contributed by atoms with Crippen LogP contribution in [0.15, 0.2) is 0 Å². The topological polar surface area (TPSA) is 0 Å². The SMILES string of the molecule is CCC(C)SCC1(CBr)CCCCC1. The van der Waals surface area contributed by atoms with Gasteiger partial charge < -0.3 is 0 Å². The van der Waals surface area contributed by atoms with Crippen LogP contribution >= 0.6 is 27.7 Å². The van der Waals surface area contributed by atoms with Crippen molar-refractivity contribution >= 4 is 27.7 Å². The Labute approximate surface area is 102 Å². The standard InChI is InChI=1S/C12H23BrS/c1-3-11(2)14-10-12(9-13)7-5-4-6-8-12/h11H,3-10H2,1-2H3. The first-order valence-corrected chi connectivity index (χ1v) is 8.07. The van der Waals surface area contributed by atoms with Gasteiger partial charge in [0.05, 0.1) is 0 Å². The smallest absolute Gasteiger partial charge is 0.00958 e. The summed E-state index contributed by atoms with van der Waals surface area (Å²) in [6.07, 6.45) is 8.56. The lowest BCUT2D eigenvalue weighted by Gasteiger charge is -2.36. The molecular weight excluding hydrogens is 256 g/mol. The van der Waals surface area contributed by atoms with E-state index in [1.54, 1.807) is 0 Å². The number of halogens is 1. The highest BCUT2D eigenvalue weighted by Crippen LogP contribution is 2.41. The van der Waals surface area contributed by atoms with E-state index in [0.717, 1.165) is 5.25 Å². The summed E-state index contributed by atoms with van der Waals surface area (Å²) in [7, 11) is 0. The minimum atomic E-state index is 0.631. The Hall–Kier alpha value is 0.830. The van der Waals surface area contributed by atoms with E-state index < -0.39 is 0 Å². The van der Waals surface area contributed by atoms with Crippen molar-refractivity contribution in [1.82, 2.24) is 0 Å². The molecule has 0 heterocycles. The van der Waals surface area contributed by atoms with Crippen LogP contribution in [0.5, 0.6) is 0 Å². The molecule has 0 aromatic heterocycles. The van der Waals surface area contributed by atoms with E-state index in [4.69, 9.17) is 0 Å². The van der Waals surface area contributed by atoms with E-state index in [1.165, 1.54) is 49.6 Å². The molecule has 1 unspecified atom stereocenters. The lowest BCUT2D eigenvalue weighted by molar-refractivity contribution is 0.260. The summed E-state index contributed by atoms with van der Waals surface area (Å²) in [6.45, 7) is 4.65. The van der Waals surface area contributed by atoms with Crippen LogP contribution in [0.3, 0.4) is 0 Å². The Bertz CT molecular complexity index is 152.